The molecule has 3 atom stereocenters. The molecule has 0 saturated heterocycles. The maximum Gasteiger partial charge on any atom is 0.307 e. The molecule has 1 rings (SSSR count). The Bertz CT molecular complexity index is 283. The van der Waals surface area contributed by atoms with Gasteiger partial charge in [0.2, 0.25) is 0 Å². The van der Waals surface area contributed by atoms with Crippen LogP contribution in [0.15, 0.2) is 0 Å². The largest absolute Gasteiger partial charge is 0.481 e. The lowest BCUT2D eigenvalue weighted by molar-refractivity contribution is -0.141. The molecule has 0 spiro atoms. The van der Waals surface area contributed by atoms with Gasteiger partial charge in [-0.1, -0.05) is 6.42 Å². The Morgan fingerprint density at radius 3 is 2.50 bits per heavy atom. The molecule has 0 bridgehead atoms. The van der Waals surface area contributed by atoms with Gasteiger partial charge >= 0.3 is 5.97 Å². The van der Waals surface area contributed by atoms with E-state index >= 15 is 0 Å². The SMILES string of the molecule is CS(=N)(=O)C1CCCC1C(=O)O. The number of hydrogen-bond donors (Lipinski definition) is 2. The minimum atomic E-state index is -2.68. The summed E-state index contributed by atoms with van der Waals surface area (Å²) in [7, 11) is -2.68. The summed E-state index contributed by atoms with van der Waals surface area (Å²) in [6, 6.07) is 0. The van der Waals surface area contributed by atoms with Crippen LogP contribution in [-0.2, 0) is 14.5 Å². The highest BCUT2D eigenvalue weighted by molar-refractivity contribution is 7.92. The molecule has 0 aromatic rings. The number of rotatable bonds is 2. The zero-order chi connectivity index (χ0) is 9.35. The van der Waals surface area contributed by atoms with Crippen molar-refractivity contribution in [2.24, 2.45) is 5.92 Å². The quantitative estimate of drug-likeness (QED) is 0.681. The Balaban J connectivity index is 2.85. The summed E-state index contributed by atoms with van der Waals surface area (Å²) >= 11 is 0. The Labute approximate surface area is 71.9 Å². The summed E-state index contributed by atoms with van der Waals surface area (Å²) in [4.78, 5) is 10.6. The summed E-state index contributed by atoms with van der Waals surface area (Å²) in [6.45, 7) is 0. The van der Waals surface area contributed by atoms with Crippen LogP contribution in [-0.4, -0.2) is 26.8 Å². The molecule has 0 amide bonds. The lowest BCUT2D eigenvalue weighted by Crippen LogP contribution is -2.28. The number of carboxylic acid groups (broad SMARTS) is 1. The topological polar surface area (TPSA) is 78.2 Å². The van der Waals surface area contributed by atoms with Crippen molar-refractivity contribution in [1.29, 1.82) is 4.78 Å². The molecule has 70 valence electrons. The van der Waals surface area contributed by atoms with E-state index in [0.717, 1.165) is 6.42 Å². The van der Waals surface area contributed by atoms with Crippen molar-refractivity contribution in [2.45, 2.75) is 24.5 Å². The molecular formula is C7H13NO3S. The van der Waals surface area contributed by atoms with E-state index in [2.05, 4.69) is 0 Å². The number of aliphatic carboxylic acids is 1. The molecule has 0 aromatic heterocycles. The third-order valence-electron chi connectivity index (χ3n) is 2.35. The number of nitrogens with one attached hydrogen (secondary N) is 1. The molecule has 2 N–H and O–H groups in total. The zero-order valence-electron chi connectivity index (χ0n) is 6.95. The highest BCUT2D eigenvalue weighted by Gasteiger charge is 2.37. The van der Waals surface area contributed by atoms with E-state index < -0.39 is 26.9 Å². The first-order valence-corrected chi connectivity index (χ1v) is 5.91. The van der Waals surface area contributed by atoms with Gasteiger partial charge in [-0.05, 0) is 12.8 Å². The van der Waals surface area contributed by atoms with E-state index in [9.17, 15) is 9.00 Å². The maximum absolute atomic E-state index is 11.3. The van der Waals surface area contributed by atoms with Gasteiger partial charge in [-0.3, -0.25) is 9.57 Å². The monoisotopic (exact) mass is 191 g/mol. The number of carbonyl (C=O) groups is 1. The van der Waals surface area contributed by atoms with Crippen molar-refractivity contribution in [3.8, 4) is 0 Å². The van der Waals surface area contributed by atoms with Crippen LogP contribution in [0.3, 0.4) is 0 Å². The molecule has 3 unspecified atom stereocenters. The highest BCUT2D eigenvalue weighted by atomic mass is 32.2. The van der Waals surface area contributed by atoms with E-state index in [-0.39, 0.29) is 0 Å². The molecule has 0 aliphatic heterocycles. The molecule has 1 saturated carbocycles. The maximum atomic E-state index is 11.3. The summed E-state index contributed by atoms with van der Waals surface area (Å²) in [5.74, 6) is -1.46. The van der Waals surface area contributed by atoms with Crippen molar-refractivity contribution in [3.63, 3.8) is 0 Å². The normalized spacial score (nSPS) is 34.4. The average molecular weight is 191 g/mol. The van der Waals surface area contributed by atoms with Crippen molar-refractivity contribution < 1.29 is 14.1 Å². The van der Waals surface area contributed by atoms with Crippen molar-refractivity contribution >= 4 is 15.7 Å². The van der Waals surface area contributed by atoms with Gasteiger partial charge in [0, 0.05) is 16.0 Å². The Kier molecular flexibility index (Phi) is 2.41. The fourth-order valence-corrected chi connectivity index (χ4v) is 3.24. The van der Waals surface area contributed by atoms with Crippen LogP contribution >= 0.6 is 0 Å². The van der Waals surface area contributed by atoms with Gasteiger partial charge in [0.05, 0.1) is 11.2 Å². The van der Waals surface area contributed by atoms with Crippen LogP contribution in [0.1, 0.15) is 19.3 Å². The predicted octanol–water partition coefficient (Wildman–Crippen LogP) is 0.916. The van der Waals surface area contributed by atoms with Gasteiger partial charge in [-0.15, -0.1) is 0 Å². The molecule has 0 radical (unpaired) electrons. The Hall–Kier alpha value is -0.580. The van der Waals surface area contributed by atoms with Crippen molar-refractivity contribution in [3.05, 3.63) is 0 Å². The summed E-state index contributed by atoms with van der Waals surface area (Å²) in [6.07, 6.45) is 3.31. The molecule has 1 aliphatic rings. The number of hydrogen-bond acceptors (Lipinski definition) is 3. The molecule has 0 aromatic carbocycles. The van der Waals surface area contributed by atoms with Crippen LogP contribution < -0.4 is 0 Å². The van der Waals surface area contributed by atoms with Gasteiger partial charge in [0.25, 0.3) is 0 Å². The molecule has 1 aliphatic carbocycles. The van der Waals surface area contributed by atoms with Crippen molar-refractivity contribution in [1.82, 2.24) is 0 Å². The Morgan fingerprint density at radius 1 is 1.58 bits per heavy atom. The van der Waals surface area contributed by atoms with Gasteiger partial charge in [-0.25, -0.2) is 4.21 Å². The molecule has 5 heteroatoms. The van der Waals surface area contributed by atoms with Gasteiger partial charge in [-0.2, -0.15) is 0 Å². The van der Waals surface area contributed by atoms with Gasteiger partial charge in [0.15, 0.2) is 0 Å². The fraction of sp³-hybridized carbons (Fsp3) is 0.857. The van der Waals surface area contributed by atoms with Gasteiger partial charge < -0.3 is 5.11 Å². The fourth-order valence-electron chi connectivity index (χ4n) is 1.75. The second kappa shape index (κ2) is 3.05. The summed E-state index contributed by atoms with van der Waals surface area (Å²) in [5.41, 5.74) is 0. The zero-order valence-corrected chi connectivity index (χ0v) is 7.76. The predicted molar refractivity (Wildman–Crippen MR) is 45.6 cm³/mol. The average Bonchev–Trinajstić information content (AvgIpc) is 2.30. The minimum absolute atomic E-state index is 0.435. The standard InChI is InChI=1S/C7H13NO3S/c1-12(8,11)6-4-2-3-5(6)7(9)10/h5-6,8H,2-4H2,1H3,(H,9,10). The highest BCUT2D eigenvalue weighted by Crippen LogP contribution is 2.31. The summed E-state index contributed by atoms with van der Waals surface area (Å²) in [5, 5.41) is 8.30. The smallest absolute Gasteiger partial charge is 0.307 e. The van der Waals surface area contributed by atoms with Gasteiger partial charge in [0.1, 0.15) is 0 Å². The van der Waals surface area contributed by atoms with Crippen LogP contribution in [0.5, 0.6) is 0 Å². The van der Waals surface area contributed by atoms with E-state index in [0.29, 0.717) is 12.8 Å². The first-order valence-electron chi connectivity index (χ1n) is 3.88. The second-order valence-corrected chi connectivity index (χ2v) is 5.73. The van der Waals surface area contributed by atoms with Crippen molar-refractivity contribution in [2.75, 3.05) is 6.26 Å². The lowest BCUT2D eigenvalue weighted by Gasteiger charge is -2.15. The third kappa shape index (κ3) is 1.77. The molecule has 0 heterocycles. The third-order valence-corrected chi connectivity index (χ3v) is 4.07. The molecule has 12 heavy (non-hydrogen) atoms. The molecular weight excluding hydrogens is 178 g/mol. The van der Waals surface area contributed by atoms with Crippen LogP contribution in [0, 0.1) is 10.7 Å². The van der Waals surface area contributed by atoms with Crippen LogP contribution in [0.2, 0.25) is 0 Å². The summed E-state index contributed by atoms with van der Waals surface area (Å²) < 4.78 is 18.6. The van der Waals surface area contributed by atoms with E-state index in [1.807, 2.05) is 0 Å². The first kappa shape index (κ1) is 9.51. The minimum Gasteiger partial charge on any atom is -0.481 e. The van der Waals surface area contributed by atoms with E-state index in [1.165, 1.54) is 6.26 Å². The molecule has 4 nitrogen and oxygen atoms in total. The second-order valence-electron chi connectivity index (χ2n) is 3.32. The van der Waals surface area contributed by atoms with Crippen LogP contribution in [0.4, 0.5) is 0 Å². The Morgan fingerprint density at radius 2 is 2.17 bits per heavy atom. The number of carboxylic acids is 1. The lowest BCUT2D eigenvalue weighted by atomic mass is 10.1. The first-order chi connectivity index (χ1) is 5.43. The van der Waals surface area contributed by atoms with E-state index in [1.54, 1.807) is 0 Å². The van der Waals surface area contributed by atoms with E-state index in [4.69, 9.17) is 9.89 Å². The van der Waals surface area contributed by atoms with Crippen LogP contribution in [0.25, 0.3) is 0 Å². The molecule has 1 fully saturated rings.